The van der Waals surface area contributed by atoms with Gasteiger partial charge in [0.15, 0.2) is 5.82 Å². The Morgan fingerprint density at radius 3 is 2.68 bits per heavy atom. The van der Waals surface area contributed by atoms with Crippen molar-refractivity contribution in [3.05, 3.63) is 84.1 Å². The van der Waals surface area contributed by atoms with Crippen molar-refractivity contribution in [1.29, 1.82) is 5.41 Å². The molecule has 10 heteroatoms. The molecule has 34 heavy (non-hydrogen) atoms. The molecule has 2 aromatic carbocycles. The van der Waals surface area contributed by atoms with Gasteiger partial charge in [0.25, 0.3) is 0 Å². The zero-order chi connectivity index (χ0) is 23.8. The highest BCUT2D eigenvalue weighted by Gasteiger charge is 2.21. The molecule has 0 amide bonds. The molecule has 0 bridgehead atoms. The molecule has 168 valence electrons. The first-order valence-corrected chi connectivity index (χ1v) is 10.2. The Kier molecular flexibility index (Phi) is 5.17. The van der Waals surface area contributed by atoms with Gasteiger partial charge >= 0.3 is 0 Å². The van der Waals surface area contributed by atoms with Gasteiger partial charge in [-0.1, -0.05) is 0 Å². The summed E-state index contributed by atoms with van der Waals surface area (Å²) >= 11 is 0. The fourth-order valence-corrected chi connectivity index (χ4v) is 3.97. The van der Waals surface area contributed by atoms with Gasteiger partial charge in [-0.3, -0.25) is 9.67 Å². The number of hydrogen-bond acceptors (Lipinski definition) is 6. The Balaban J connectivity index is 1.86. The lowest BCUT2D eigenvalue weighted by Gasteiger charge is -2.14. The fraction of sp³-hybridized carbons (Fsp3) is 0.0417. The van der Waals surface area contributed by atoms with E-state index in [0.29, 0.717) is 34.1 Å². The van der Waals surface area contributed by atoms with Crippen molar-refractivity contribution in [2.45, 2.75) is 6.92 Å². The number of hydrogen-bond donors (Lipinski definition) is 3. The summed E-state index contributed by atoms with van der Waals surface area (Å²) in [6.07, 6.45) is 5.42. The molecule has 0 aliphatic carbocycles. The van der Waals surface area contributed by atoms with E-state index >= 15 is 0 Å². The topological polar surface area (TPSA) is 122 Å². The number of rotatable bonds is 5. The lowest BCUT2D eigenvalue weighted by atomic mass is 10.0. The molecule has 0 saturated carbocycles. The molecular formula is C24H18F2N8. The zero-order valence-corrected chi connectivity index (χ0v) is 17.9. The SMILES string of the molecule is Cc1nc2c(-c3ncn[nH]3)cc(-c3ccnc(N)c3)cc2n1/C(=C/C=N)c1cc(F)ccc1F. The molecule has 0 spiro atoms. The van der Waals surface area contributed by atoms with Gasteiger partial charge in [0, 0.05) is 23.5 Å². The molecule has 0 unspecified atom stereocenters. The van der Waals surface area contributed by atoms with Gasteiger partial charge in [-0.15, -0.1) is 0 Å². The predicted octanol–water partition coefficient (Wildman–Crippen LogP) is 4.59. The second-order valence-corrected chi connectivity index (χ2v) is 7.53. The van der Waals surface area contributed by atoms with Gasteiger partial charge in [-0.2, -0.15) is 5.10 Å². The Labute approximate surface area is 192 Å². The number of pyridine rings is 1. The maximum absolute atomic E-state index is 14.8. The van der Waals surface area contributed by atoms with E-state index in [2.05, 4.69) is 20.2 Å². The van der Waals surface area contributed by atoms with Crippen LogP contribution in [0.5, 0.6) is 0 Å². The number of fused-ring (bicyclic) bond motifs is 1. The summed E-state index contributed by atoms with van der Waals surface area (Å²) in [6, 6.07) is 10.5. The number of nitrogen functional groups attached to an aromatic ring is 1. The van der Waals surface area contributed by atoms with E-state index < -0.39 is 11.6 Å². The van der Waals surface area contributed by atoms with E-state index in [1.165, 1.54) is 12.4 Å². The summed E-state index contributed by atoms with van der Waals surface area (Å²) < 4.78 is 30.5. The zero-order valence-electron chi connectivity index (χ0n) is 17.9. The number of nitrogens with one attached hydrogen (secondary N) is 2. The number of nitrogens with two attached hydrogens (primary N) is 1. The van der Waals surface area contributed by atoms with E-state index in [1.807, 2.05) is 18.2 Å². The molecule has 5 aromatic rings. The third kappa shape index (κ3) is 3.60. The first kappa shape index (κ1) is 21.1. The monoisotopic (exact) mass is 456 g/mol. The van der Waals surface area contributed by atoms with Gasteiger partial charge in [0.05, 0.1) is 11.2 Å². The van der Waals surface area contributed by atoms with Crippen LogP contribution in [0.4, 0.5) is 14.6 Å². The number of aromatic amines is 1. The molecule has 0 radical (unpaired) electrons. The molecule has 8 nitrogen and oxygen atoms in total. The summed E-state index contributed by atoms with van der Waals surface area (Å²) in [5, 5.41) is 14.5. The van der Waals surface area contributed by atoms with Crippen molar-refractivity contribution in [2.75, 3.05) is 5.73 Å². The number of allylic oxidation sites excluding steroid dienone is 1. The van der Waals surface area contributed by atoms with Crippen LogP contribution in [0.25, 0.3) is 39.2 Å². The van der Waals surface area contributed by atoms with Crippen molar-refractivity contribution in [3.63, 3.8) is 0 Å². The third-order valence-corrected chi connectivity index (χ3v) is 5.40. The molecule has 5 rings (SSSR count). The highest BCUT2D eigenvalue weighted by Crippen LogP contribution is 2.36. The van der Waals surface area contributed by atoms with Gasteiger partial charge < -0.3 is 11.1 Å². The van der Waals surface area contributed by atoms with Crippen LogP contribution in [-0.2, 0) is 0 Å². The molecule has 0 saturated heterocycles. The minimum Gasteiger partial charge on any atom is -0.384 e. The fourth-order valence-electron chi connectivity index (χ4n) is 3.97. The van der Waals surface area contributed by atoms with E-state index in [1.54, 1.807) is 23.8 Å². The smallest absolute Gasteiger partial charge is 0.157 e. The number of nitrogens with zero attached hydrogens (tertiary/aromatic N) is 5. The molecule has 0 aliphatic rings. The predicted molar refractivity (Wildman–Crippen MR) is 126 cm³/mol. The van der Waals surface area contributed by atoms with Crippen LogP contribution in [0.3, 0.4) is 0 Å². The van der Waals surface area contributed by atoms with E-state index in [9.17, 15) is 8.78 Å². The van der Waals surface area contributed by atoms with Crippen LogP contribution in [0.1, 0.15) is 11.4 Å². The van der Waals surface area contributed by atoms with Gasteiger partial charge in [0.2, 0.25) is 0 Å². The lowest BCUT2D eigenvalue weighted by Crippen LogP contribution is -2.05. The molecule has 4 N–H and O–H groups in total. The Morgan fingerprint density at radius 2 is 1.94 bits per heavy atom. The van der Waals surface area contributed by atoms with Crippen molar-refractivity contribution >= 4 is 28.8 Å². The van der Waals surface area contributed by atoms with Crippen molar-refractivity contribution < 1.29 is 8.78 Å². The second-order valence-electron chi connectivity index (χ2n) is 7.53. The van der Waals surface area contributed by atoms with Crippen LogP contribution >= 0.6 is 0 Å². The largest absolute Gasteiger partial charge is 0.384 e. The number of benzene rings is 2. The summed E-state index contributed by atoms with van der Waals surface area (Å²) in [5.74, 6) is 0.149. The maximum atomic E-state index is 14.8. The number of imidazole rings is 1. The third-order valence-electron chi connectivity index (χ3n) is 5.40. The van der Waals surface area contributed by atoms with Crippen LogP contribution in [0, 0.1) is 24.0 Å². The number of aromatic nitrogens is 6. The van der Waals surface area contributed by atoms with E-state index in [4.69, 9.17) is 16.1 Å². The lowest BCUT2D eigenvalue weighted by molar-refractivity contribution is 0.596. The molecular weight excluding hydrogens is 438 g/mol. The van der Waals surface area contributed by atoms with Crippen LogP contribution in [0.15, 0.2) is 61.1 Å². The van der Waals surface area contributed by atoms with Crippen LogP contribution in [0.2, 0.25) is 0 Å². The average Bonchev–Trinajstić information content (AvgIpc) is 3.46. The quantitative estimate of drug-likeness (QED) is 0.334. The van der Waals surface area contributed by atoms with Gasteiger partial charge in [-0.05, 0) is 66.6 Å². The van der Waals surface area contributed by atoms with Crippen LogP contribution in [-0.4, -0.2) is 35.9 Å². The number of anilines is 1. The highest BCUT2D eigenvalue weighted by atomic mass is 19.1. The first-order valence-electron chi connectivity index (χ1n) is 10.2. The highest BCUT2D eigenvalue weighted by molar-refractivity contribution is 5.98. The summed E-state index contributed by atoms with van der Waals surface area (Å²) in [5.41, 5.74) is 9.60. The van der Waals surface area contributed by atoms with E-state index in [-0.39, 0.29) is 11.3 Å². The second kappa shape index (κ2) is 8.32. The molecule has 3 aromatic heterocycles. The minimum absolute atomic E-state index is 0.00525. The number of H-pyrrole nitrogens is 1. The summed E-state index contributed by atoms with van der Waals surface area (Å²) in [7, 11) is 0. The van der Waals surface area contributed by atoms with E-state index in [0.717, 1.165) is 35.5 Å². The Bertz CT molecular complexity index is 1570. The first-order chi connectivity index (χ1) is 16.5. The standard InChI is InChI=1S/C24H18F2N8/c1-13-32-23-18(24-30-12-31-33-24)8-15(14-5-7-29-22(28)10-14)9-21(23)34(13)20(4-6-27)17-11-16(25)2-3-19(17)26/h2-12,27H,1H3,(H2,28,29)(H,30,31,33)/b20-4+,27-6?. The summed E-state index contributed by atoms with van der Waals surface area (Å²) in [6.45, 7) is 1.75. The van der Waals surface area contributed by atoms with Crippen molar-refractivity contribution in [2.24, 2.45) is 0 Å². The number of aryl methyl sites for hydroxylation is 1. The number of halogens is 2. The normalized spacial score (nSPS) is 11.8. The van der Waals surface area contributed by atoms with Crippen molar-refractivity contribution in [1.82, 2.24) is 29.7 Å². The molecule has 0 fully saturated rings. The van der Waals surface area contributed by atoms with Crippen LogP contribution < -0.4 is 5.73 Å². The van der Waals surface area contributed by atoms with Crippen molar-refractivity contribution in [3.8, 4) is 22.5 Å². The maximum Gasteiger partial charge on any atom is 0.157 e. The van der Waals surface area contributed by atoms with Gasteiger partial charge in [0.1, 0.15) is 35.1 Å². The Morgan fingerprint density at radius 1 is 1.09 bits per heavy atom. The molecule has 0 aliphatic heterocycles. The van der Waals surface area contributed by atoms with Gasteiger partial charge in [-0.25, -0.2) is 23.7 Å². The minimum atomic E-state index is -0.621. The summed E-state index contributed by atoms with van der Waals surface area (Å²) in [4.78, 5) is 13.0. The average molecular weight is 456 g/mol. The molecule has 0 atom stereocenters. The Hall–Kier alpha value is -4.73. The molecule has 3 heterocycles.